The van der Waals surface area contributed by atoms with Gasteiger partial charge < -0.3 is 19.5 Å². The molecule has 1 saturated heterocycles. The van der Waals surface area contributed by atoms with Gasteiger partial charge >= 0.3 is 0 Å². The highest BCUT2D eigenvalue weighted by molar-refractivity contribution is 6.46. The van der Waals surface area contributed by atoms with Crippen molar-refractivity contribution in [1.29, 1.82) is 0 Å². The largest absolute Gasteiger partial charge is 0.507 e. The van der Waals surface area contributed by atoms with Crippen LogP contribution in [0.4, 0.5) is 0 Å². The maximum absolute atomic E-state index is 13.4. The van der Waals surface area contributed by atoms with Crippen LogP contribution in [0.3, 0.4) is 0 Å². The first kappa shape index (κ1) is 24.6. The summed E-state index contributed by atoms with van der Waals surface area (Å²) in [5.41, 5.74) is 3.05. The number of benzene rings is 2. The minimum Gasteiger partial charge on any atom is -0.507 e. The Hall–Kier alpha value is -4.13. The van der Waals surface area contributed by atoms with Crippen LogP contribution in [0.2, 0.25) is 0 Å². The molecule has 7 heteroatoms. The number of nitrogens with zero attached hydrogens (tertiary/aromatic N) is 2. The predicted octanol–water partition coefficient (Wildman–Crippen LogP) is 5.21. The Bertz CT molecular complexity index is 1350. The predicted molar refractivity (Wildman–Crippen MR) is 139 cm³/mol. The fraction of sp³-hybridized carbons (Fsp3) is 0.300. The third kappa shape index (κ3) is 4.94. The van der Waals surface area contributed by atoms with Gasteiger partial charge in [0.1, 0.15) is 23.4 Å². The molecular formula is C30H30N2O5. The number of aliphatic hydroxyl groups is 1. The molecule has 0 saturated carbocycles. The van der Waals surface area contributed by atoms with Crippen molar-refractivity contribution in [3.63, 3.8) is 0 Å². The summed E-state index contributed by atoms with van der Waals surface area (Å²) < 4.78 is 11.7. The van der Waals surface area contributed by atoms with Crippen molar-refractivity contribution >= 4 is 17.4 Å². The number of carbonyl (C=O) groups excluding carboxylic acids is 2. The molecule has 37 heavy (non-hydrogen) atoms. The fourth-order valence-corrected chi connectivity index (χ4v) is 4.91. The van der Waals surface area contributed by atoms with E-state index in [0.717, 1.165) is 29.7 Å². The van der Waals surface area contributed by atoms with Gasteiger partial charge in [0, 0.05) is 30.9 Å². The summed E-state index contributed by atoms with van der Waals surface area (Å²) >= 11 is 0. The molecule has 0 bridgehead atoms. The van der Waals surface area contributed by atoms with Crippen molar-refractivity contribution in [1.82, 2.24) is 9.88 Å². The number of aliphatic hydroxyl groups excluding tert-OH is 1. The number of unbranched alkanes of at least 4 members (excludes halogenated alkanes) is 1. The first-order valence-corrected chi connectivity index (χ1v) is 12.7. The number of ketones is 1. The van der Waals surface area contributed by atoms with E-state index in [1.54, 1.807) is 24.5 Å². The lowest BCUT2D eigenvalue weighted by molar-refractivity contribution is -0.140. The van der Waals surface area contributed by atoms with E-state index in [1.165, 1.54) is 4.90 Å². The van der Waals surface area contributed by atoms with E-state index in [2.05, 4.69) is 11.9 Å². The van der Waals surface area contributed by atoms with Crippen LogP contribution in [-0.4, -0.2) is 39.4 Å². The van der Waals surface area contributed by atoms with Crippen molar-refractivity contribution in [2.45, 2.75) is 51.8 Å². The van der Waals surface area contributed by atoms with E-state index in [1.807, 2.05) is 49.4 Å². The van der Waals surface area contributed by atoms with Crippen molar-refractivity contribution < 1.29 is 24.2 Å². The second-order valence-corrected chi connectivity index (χ2v) is 9.51. The number of amides is 1. The Morgan fingerprint density at radius 1 is 1.14 bits per heavy atom. The minimum atomic E-state index is -0.772. The molecule has 2 aromatic carbocycles. The van der Waals surface area contributed by atoms with Crippen LogP contribution in [0.15, 0.2) is 72.6 Å². The van der Waals surface area contributed by atoms with Crippen molar-refractivity contribution in [3.8, 4) is 11.5 Å². The highest BCUT2D eigenvalue weighted by atomic mass is 16.5. The molecule has 2 atom stereocenters. The van der Waals surface area contributed by atoms with Crippen LogP contribution in [0, 0.1) is 0 Å². The first-order chi connectivity index (χ1) is 18.0. The molecule has 3 heterocycles. The van der Waals surface area contributed by atoms with Gasteiger partial charge in [-0.05, 0) is 72.5 Å². The lowest BCUT2D eigenvalue weighted by atomic mass is 9.94. The molecule has 2 aliphatic heterocycles. The Labute approximate surface area is 216 Å². The molecule has 1 fully saturated rings. The maximum Gasteiger partial charge on any atom is 0.295 e. The Morgan fingerprint density at radius 2 is 1.95 bits per heavy atom. The minimum absolute atomic E-state index is 0.0498. The van der Waals surface area contributed by atoms with Gasteiger partial charge in [-0.3, -0.25) is 14.6 Å². The van der Waals surface area contributed by atoms with Crippen LogP contribution >= 0.6 is 0 Å². The lowest BCUT2D eigenvalue weighted by Crippen LogP contribution is -2.29. The summed E-state index contributed by atoms with van der Waals surface area (Å²) in [6, 6.07) is 15.6. The normalized spacial score (nSPS) is 20.1. The van der Waals surface area contributed by atoms with E-state index < -0.39 is 17.7 Å². The highest BCUT2D eigenvalue weighted by Crippen LogP contribution is 2.42. The van der Waals surface area contributed by atoms with Crippen LogP contribution in [0.1, 0.15) is 55.0 Å². The number of fused-ring (bicyclic) bond motifs is 1. The maximum atomic E-state index is 13.4. The number of aromatic nitrogens is 1. The molecule has 0 unspecified atom stereocenters. The molecule has 2 aliphatic rings. The number of likely N-dealkylation sites (tertiary alicyclic amines) is 1. The van der Waals surface area contributed by atoms with Gasteiger partial charge in [0.05, 0.1) is 18.2 Å². The van der Waals surface area contributed by atoms with E-state index >= 15 is 0 Å². The third-order valence-electron chi connectivity index (χ3n) is 6.75. The zero-order valence-electron chi connectivity index (χ0n) is 21.0. The molecule has 5 rings (SSSR count). The molecular weight excluding hydrogens is 468 g/mol. The third-order valence-corrected chi connectivity index (χ3v) is 6.75. The van der Waals surface area contributed by atoms with Gasteiger partial charge in [0.15, 0.2) is 0 Å². The number of hydrogen-bond donors (Lipinski definition) is 1. The van der Waals surface area contributed by atoms with Gasteiger partial charge in [0.25, 0.3) is 11.7 Å². The Kier molecular flexibility index (Phi) is 6.95. The molecule has 190 valence electrons. The number of carbonyl (C=O) groups is 2. The molecule has 1 N–H and O–H groups in total. The molecule has 0 spiro atoms. The first-order valence-electron chi connectivity index (χ1n) is 12.7. The van der Waals surface area contributed by atoms with E-state index in [9.17, 15) is 14.7 Å². The lowest BCUT2D eigenvalue weighted by Gasteiger charge is -2.26. The molecule has 3 aromatic rings. The zero-order valence-corrected chi connectivity index (χ0v) is 21.0. The molecule has 1 amide bonds. The van der Waals surface area contributed by atoms with E-state index in [0.29, 0.717) is 29.9 Å². The van der Waals surface area contributed by atoms with Crippen LogP contribution in [0.25, 0.3) is 5.76 Å². The second kappa shape index (κ2) is 10.5. The highest BCUT2D eigenvalue weighted by Gasteiger charge is 2.46. The van der Waals surface area contributed by atoms with E-state index in [-0.39, 0.29) is 24.0 Å². The molecule has 1 aromatic heterocycles. The SMILES string of the molecule is CCCCOc1cccc([C@H]2/C(=C(\O)c3ccc4c(c3)C[C@H](C)O4)C(=O)C(=O)N2Cc2ccncc2)c1. The van der Waals surface area contributed by atoms with Crippen molar-refractivity contribution in [3.05, 3.63) is 94.8 Å². The number of rotatable bonds is 8. The van der Waals surface area contributed by atoms with Crippen molar-refractivity contribution in [2.75, 3.05) is 6.61 Å². The second-order valence-electron chi connectivity index (χ2n) is 9.51. The summed E-state index contributed by atoms with van der Waals surface area (Å²) in [6.45, 7) is 4.86. The average Bonchev–Trinajstić information content (AvgIpc) is 3.40. The van der Waals surface area contributed by atoms with Crippen LogP contribution in [-0.2, 0) is 22.6 Å². The number of ether oxygens (including phenoxy) is 2. The van der Waals surface area contributed by atoms with Crippen molar-refractivity contribution in [2.24, 2.45) is 0 Å². The molecule has 0 aliphatic carbocycles. The smallest absolute Gasteiger partial charge is 0.295 e. The summed E-state index contributed by atoms with van der Waals surface area (Å²) in [4.78, 5) is 32.3. The summed E-state index contributed by atoms with van der Waals surface area (Å²) in [5, 5.41) is 11.5. The molecule has 7 nitrogen and oxygen atoms in total. The number of Topliss-reactive ketones (excluding diaryl/α,β-unsaturated/α-hetero) is 1. The Balaban J connectivity index is 1.59. The topological polar surface area (TPSA) is 89.0 Å². The van der Waals surface area contributed by atoms with Gasteiger partial charge in [-0.1, -0.05) is 25.5 Å². The fourth-order valence-electron chi connectivity index (χ4n) is 4.91. The van der Waals surface area contributed by atoms with Gasteiger partial charge in [-0.25, -0.2) is 0 Å². The molecule has 0 radical (unpaired) electrons. The average molecular weight is 499 g/mol. The van der Waals surface area contributed by atoms with Crippen LogP contribution in [0.5, 0.6) is 11.5 Å². The van der Waals surface area contributed by atoms with Crippen LogP contribution < -0.4 is 9.47 Å². The summed E-state index contributed by atoms with van der Waals surface area (Å²) in [5.74, 6) is -0.127. The summed E-state index contributed by atoms with van der Waals surface area (Å²) in [7, 11) is 0. The number of pyridine rings is 1. The van der Waals surface area contributed by atoms with Gasteiger partial charge in [-0.15, -0.1) is 0 Å². The van der Waals surface area contributed by atoms with E-state index in [4.69, 9.17) is 9.47 Å². The van der Waals surface area contributed by atoms with Gasteiger partial charge in [-0.2, -0.15) is 0 Å². The monoisotopic (exact) mass is 498 g/mol. The summed E-state index contributed by atoms with van der Waals surface area (Å²) in [6.07, 6.45) is 6.00. The zero-order chi connectivity index (χ0) is 25.9. The number of hydrogen-bond acceptors (Lipinski definition) is 6. The quantitative estimate of drug-likeness (QED) is 0.199. The van der Waals surface area contributed by atoms with Gasteiger partial charge in [0.2, 0.25) is 0 Å². The standard InChI is InChI=1S/C30H30N2O5/c1-3-4-14-36-24-7-5-6-21(17-24)27-26(28(33)22-8-9-25-23(16-22)15-19(2)37-25)29(34)30(35)32(27)18-20-10-12-31-13-11-20/h5-13,16-17,19,27,33H,3-4,14-15,18H2,1-2H3/b28-26+/t19-,27-/m0/s1. The Morgan fingerprint density at radius 3 is 2.73 bits per heavy atom.